The molecule has 1 aromatic carbocycles. The van der Waals surface area contributed by atoms with Crippen molar-refractivity contribution < 1.29 is 29.1 Å². The van der Waals surface area contributed by atoms with Crippen LogP contribution in [-0.2, 0) is 30.4 Å². The van der Waals surface area contributed by atoms with Gasteiger partial charge in [0.1, 0.15) is 6.23 Å². The van der Waals surface area contributed by atoms with Crippen molar-refractivity contribution in [1.82, 2.24) is 36.8 Å². The monoisotopic (exact) mass is 824 g/mol. The second kappa shape index (κ2) is 20.9. The summed E-state index contributed by atoms with van der Waals surface area (Å²) >= 11 is 0. The summed E-state index contributed by atoms with van der Waals surface area (Å²) in [6.45, 7) is 21.4. The third kappa shape index (κ3) is 13.6. The maximum Gasteiger partial charge on any atom is 0.237 e. The van der Waals surface area contributed by atoms with Crippen molar-refractivity contribution >= 4 is 29.4 Å². The number of ketones is 1. The van der Waals surface area contributed by atoms with E-state index in [0.29, 0.717) is 25.8 Å². The number of likely N-dealkylation sites (N-methyl/N-ethyl adjacent to an activating group) is 1. The zero-order valence-corrected chi connectivity index (χ0v) is 37.9. The van der Waals surface area contributed by atoms with Gasteiger partial charge in [0.25, 0.3) is 0 Å². The number of carbonyl (C=O) groups excluding carboxylic acids is 5. The number of benzene rings is 1. The molecule has 3 unspecified atom stereocenters. The fourth-order valence-electron chi connectivity index (χ4n) is 9.34. The number of amides is 4. The smallest absolute Gasteiger partial charge is 0.237 e. The zero-order valence-electron chi connectivity index (χ0n) is 37.9. The summed E-state index contributed by atoms with van der Waals surface area (Å²) in [5.41, 5.74) is 1.67. The van der Waals surface area contributed by atoms with E-state index in [4.69, 9.17) is 0 Å². The van der Waals surface area contributed by atoms with Gasteiger partial charge in [-0.05, 0) is 93.7 Å². The zero-order chi connectivity index (χ0) is 43.8. The lowest BCUT2D eigenvalue weighted by molar-refractivity contribution is -0.135. The normalized spacial score (nSPS) is 25.2. The molecule has 1 aromatic rings. The van der Waals surface area contributed by atoms with Crippen LogP contribution in [0.1, 0.15) is 138 Å². The predicted molar refractivity (Wildman–Crippen MR) is 232 cm³/mol. The Labute approximate surface area is 354 Å². The van der Waals surface area contributed by atoms with Crippen LogP contribution in [0.25, 0.3) is 0 Å². The molecule has 332 valence electrons. The van der Waals surface area contributed by atoms with Gasteiger partial charge in [-0.1, -0.05) is 79.7 Å². The maximum absolute atomic E-state index is 14.3. The predicted octanol–water partition coefficient (Wildman–Crippen LogP) is 4.13. The highest BCUT2D eigenvalue weighted by molar-refractivity contribution is 5.92. The summed E-state index contributed by atoms with van der Waals surface area (Å²) in [6.07, 6.45) is 4.03. The van der Waals surface area contributed by atoms with Crippen molar-refractivity contribution in [2.75, 3.05) is 20.1 Å². The number of nitrogens with zero attached hydrogens (tertiary/aromatic N) is 1. The molecule has 0 radical (unpaired) electrons. The Morgan fingerprint density at radius 1 is 0.847 bits per heavy atom. The number of carbonyl (C=O) groups is 5. The van der Waals surface area contributed by atoms with E-state index >= 15 is 0 Å². The lowest BCUT2D eigenvalue weighted by atomic mass is 9.71. The van der Waals surface area contributed by atoms with E-state index in [2.05, 4.69) is 76.6 Å². The van der Waals surface area contributed by atoms with Crippen molar-refractivity contribution in [2.24, 2.45) is 28.6 Å². The van der Waals surface area contributed by atoms with Crippen LogP contribution in [0.4, 0.5) is 0 Å². The van der Waals surface area contributed by atoms with Crippen LogP contribution in [0.5, 0.6) is 0 Å². The molecule has 1 saturated carbocycles. The molecule has 7 N–H and O–H groups in total. The average molecular weight is 824 g/mol. The van der Waals surface area contributed by atoms with E-state index in [1.165, 1.54) is 5.56 Å². The number of likely N-dealkylation sites (tertiary alicyclic amines) is 1. The number of hydrogen-bond donors (Lipinski definition) is 7. The number of fused-ring (bicyclic) bond motifs is 1. The number of Topliss-reactive ketones (excluding diaryl/α,β-unsaturated/α-hetero) is 1. The summed E-state index contributed by atoms with van der Waals surface area (Å²) in [6, 6.07) is 6.58. The minimum absolute atomic E-state index is 0.0178. The number of aliphatic hydroxyl groups excluding tert-OH is 1. The van der Waals surface area contributed by atoms with Crippen LogP contribution in [0.15, 0.2) is 24.3 Å². The Balaban J connectivity index is 1.40. The number of rotatable bonds is 17. The summed E-state index contributed by atoms with van der Waals surface area (Å²) < 4.78 is 0. The summed E-state index contributed by atoms with van der Waals surface area (Å²) in [5, 5.41) is 29.9. The highest BCUT2D eigenvalue weighted by Gasteiger charge is 2.42. The summed E-state index contributed by atoms with van der Waals surface area (Å²) in [7, 11) is 1.70. The van der Waals surface area contributed by atoms with Gasteiger partial charge in [-0.15, -0.1) is 0 Å². The fourth-order valence-corrected chi connectivity index (χ4v) is 9.34. The molecule has 1 heterocycles. The van der Waals surface area contributed by atoms with E-state index in [1.54, 1.807) is 14.0 Å². The highest BCUT2D eigenvalue weighted by Crippen LogP contribution is 2.37. The average Bonchev–Trinajstić information content (AvgIpc) is 3.62. The minimum Gasteiger partial charge on any atom is -0.378 e. The Bertz CT molecular complexity index is 1600. The standard InChI is InChI=1S/C46H77N7O6/c1-27(2)42(57)51-40(45(5,6)7)29(4)53-22-21-33(26-53)49-39(56)25-38(55)48-32-20-19-31(23-37(54)41(46(8,9)10)52-43(58)28(3)47-11)35(24-32)44(59)50-36-18-14-16-30-15-12-13-17-34(30)36/h12-13,15,17,27-29,31-33,35-36,39-41,47,49,56H,14,16,18-26H2,1-11H3,(H,48,55)(H,50,59)(H,51,57)(H,52,58)/t28-,29?,31?,32+,33-,35+,36+,39?,40+,41+/m0/s1. The molecule has 2 aliphatic carbocycles. The second-order valence-electron chi connectivity index (χ2n) is 20.2. The second-order valence-corrected chi connectivity index (χ2v) is 20.2. The number of nitrogens with one attached hydrogen (secondary N) is 6. The van der Waals surface area contributed by atoms with E-state index in [9.17, 15) is 29.1 Å². The van der Waals surface area contributed by atoms with Gasteiger partial charge in [0.05, 0.1) is 24.5 Å². The first-order valence-corrected chi connectivity index (χ1v) is 22.2. The van der Waals surface area contributed by atoms with Gasteiger partial charge in [0.2, 0.25) is 23.6 Å². The van der Waals surface area contributed by atoms with Gasteiger partial charge in [0.15, 0.2) is 5.78 Å². The Hall–Kier alpha value is -3.39. The molecule has 2 fully saturated rings. The third-order valence-corrected chi connectivity index (χ3v) is 13.0. The molecule has 3 aliphatic rings. The van der Waals surface area contributed by atoms with Crippen LogP contribution in [0, 0.1) is 28.6 Å². The molecule has 4 rings (SSSR count). The first-order valence-electron chi connectivity index (χ1n) is 22.2. The van der Waals surface area contributed by atoms with E-state index in [0.717, 1.165) is 37.8 Å². The molecule has 1 aliphatic heterocycles. The Morgan fingerprint density at radius 2 is 1.54 bits per heavy atom. The van der Waals surface area contributed by atoms with Crippen molar-refractivity contribution in [3.05, 3.63) is 35.4 Å². The molecule has 13 heteroatoms. The van der Waals surface area contributed by atoms with Crippen molar-refractivity contribution in [3.8, 4) is 0 Å². The molecule has 0 spiro atoms. The molecule has 0 bridgehead atoms. The maximum atomic E-state index is 14.3. The van der Waals surface area contributed by atoms with Crippen LogP contribution in [0.2, 0.25) is 0 Å². The van der Waals surface area contributed by atoms with Crippen LogP contribution in [-0.4, -0.2) is 102 Å². The van der Waals surface area contributed by atoms with Gasteiger partial charge < -0.3 is 31.7 Å². The third-order valence-electron chi connectivity index (χ3n) is 13.0. The summed E-state index contributed by atoms with van der Waals surface area (Å²) in [4.78, 5) is 69.7. The topological polar surface area (TPSA) is 181 Å². The van der Waals surface area contributed by atoms with E-state index in [1.807, 2.05) is 46.8 Å². The number of aliphatic hydroxyl groups is 1. The van der Waals surface area contributed by atoms with E-state index < -0.39 is 29.6 Å². The molecule has 10 atom stereocenters. The first-order chi connectivity index (χ1) is 27.6. The van der Waals surface area contributed by atoms with Gasteiger partial charge in [-0.2, -0.15) is 0 Å². The minimum atomic E-state index is -1.05. The van der Waals surface area contributed by atoms with Crippen molar-refractivity contribution in [2.45, 2.75) is 176 Å². The Morgan fingerprint density at radius 3 is 2.19 bits per heavy atom. The lowest BCUT2D eigenvalue weighted by Crippen LogP contribution is -2.57. The van der Waals surface area contributed by atoms with Gasteiger partial charge in [0, 0.05) is 55.5 Å². The molecule has 4 amide bonds. The summed E-state index contributed by atoms with van der Waals surface area (Å²) in [5.74, 6) is -1.66. The fraction of sp³-hybridized carbons (Fsp3) is 0.761. The number of hydrogen-bond acceptors (Lipinski definition) is 9. The Kier molecular flexibility index (Phi) is 17.1. The van der Waals surface area contributed by atoms with Crippen molar-refractivity contribution in [1.29, 1.82) is 0 Å². The highest BCUT2D eigenvalue weighted by atomic mass is 16.3. The molecule has 13 nitrogen and oxygen atoms in total. The van der Waals surface area contributed by atoms with Crippen molar-refractivity contribution in [3.63, 3.8) is 0 Å². The first kappa shape index (κ1) is 48.3. The quantitative estimate of drug-likeness (QED) is 0.114. The largest absolute Gasteiger partial charge is 0.378 e. The molecule has 59 heavy (non-hydrogen) atoms. The van der Waals surface area contributed by atoms with Crippen LogP contribution >= 0.6 is 0 Å². The molecular weight excluding hydrogens is 747 g/mol. The SMILES string of the molecule is CN[C@@H](C)C(=O)N[C@H](C(=O)CC1CC[C@@H](NC(=O)CC(O)N[C@H]2CCN(C(C)[C@@H](NC(=O)C(C)C)C(C)(C)C)C2)C[C@H]1C(=O)N[C@@H]1CCCc2ccccc21)C(C)(C)C. The molecular formula is C46H77N7O6. The number of aryl methyl sites for hydroxylation is 1. The van der Waals surface area contributed by atoms with Crippen LogP contribution in [0.3, 0.4) is 0 Å². The van der Waals surface area contributed by atoms with Gasteiger partial charge >= 0.3 is 0 Å². The van der Waals surface area contributed by atoms with E-state index in [-0.39, 0.29) is 89.7 Å². The molecule has 1 saturated heterocycles. The lowest BCUT2D eigenvalue weighted by Gasteiger charge is -2.40. The van der Waals surface area contributed by atoms with Gasteiger partial charge in [-0.3, -0.25) is 34.2 Å². The van der Waals surface area contributed by atoms with Gasteiger partial charge in [-0.25, -0.2) is 0 Å². The molecule has 0 aromatic heterocycles. The van der Waals surface area contributed by atoms with Crippen LogP contribution < -0.4 is 31.9 Å².